The summed E-state index contributed by atoms with van der Waals surface area (Å²) in [4.78, 5) is 24.4. The number of hydrogen-bond donors (Lipinski definition) is 2. The molecular weight excluding hydrogens is 347 g/mol. The van der Waals surface area contributed by atoms with Crippen molar-refractivity contribution in [3.8, 4) is 0 Å². The number of fused-ring (bicyclic) bond motifs is 5. The van der Waals surface area contributed by atoms with Crippen molar-refractivity contribution in [1.29, 1.82) is 0 Å². The molecule has 0 aliphatic heterocycles. The molecule has 2 N–H and O–H groups in total. The second kappa shape index (κ2) is 5.84. The van der Waals surface area contributed by atoms with Crippen LogP contribution in [0.1, 0.15) is 52.9 Å². The van der Waals surface area contributed by atoms with Crippen LogP contribution in [-0.4, -0.2) is 40.2 Å². The van der Waals surface area contributed by atoms with Crippen molar-refractivity contribution in [3.63, 3.8) is 0 Å². The van der Waals surface area contributed by atoms with E-state index in [2.05, 4.69) is 6.08 Å². The fourth-order valence-corrected chi connectivity index (χ4v) is 6.92. The zero-order chi connectivity index (χ0) is 19.8. The molecule has 0 radical (unpaired) electrons. The quantitative estimate of drug-likeness (QED) is 0.727. The Morgan fingerprint density at radius 3 is 2.67 bits per heavy atom. The van der Waals surface area contributed by atoms with Gasteiger partial charge in [0.2, 0.25) is 0 Å². The maximum absolute atomic E-state index is 15.2. The molecule has 4 aliphatic carbocycles. The third-order valence-corrected chi connectivity index (χ3v) is 8.47. The molecule has 2 saturated carbocycles. The number of allylic oxidation sites excluding steroid dienone is 4. The van der Waals surface area contributed by atoms with Crippen molar-refractivity contribution < 1.29 is 24.2 Å². The summed E-state index contributed by atoms with van der Waals surface area (Å²) in [6, 6.07) is 0. The SMILES string of the molecule is C[C@@H]1CC2C3C[C@H](F)C4=CC(=O)CCC4(C)C3=CCC2(C)[C@@]1(O)C(=O)CO. The normalized spacial score (nSPS) is 48.9. The Morgan fingerprint density at radius 2 is 2.00 bits per heavy atom. The molecule has 0 saturated heterocycles. The number of halogens is 1. The molecule has 148 valence electrons. The van der Waals surface area contributed by atoms with Crippen molar-refractivity contribution in [2.24, 2.45) is 28.6 Å². The summed E-state index contributed by atoms with van der Waals surface area (Å²) >= 11 is 0. The van der Waals surface area contributed by atoms with Gasteiger partial charge in [-0.3, -0.25) is 9.59 Å². The first-order valence-electron chi connectivity index (χ1n) is 10.1. The van der Waals surface area contributed by atoms with E-state index in [1.165, 1.54) is 11.6 Å². The molecule has 4 aliphatic rings. The molecule has 4 unspecified atom stereocenters. The van der Waals surface area contributed by atoms with Gasteiger partial charge in [-0.05, 0) is 55.1 Å². The predicted octanol–water partition coefficient (Wildman–Crippen LogP) is 2.92. The van der Waals surface area contributed by atoms with Crippen molar-refractivity contribution >= 4 is 11.6 Å². The van der Waals surface area contributed by atoms with Gasteiger partial charge in [-0.2, -0.15) is 0 Å². The van der Waals surface area contributed by atoms with Gasteiger partial charge in [-0.25, -0.2) is 4.39 Å². The Kier molecular flexibility index (Phi) is 4.11. The number of carbonyl (C=O) groups excluding carboxylic acids is 2. The van der Waals surface area contributed by atoms with Crippen LogP contribution in [0.2, 0.25) is 0 Å². The Hall–Kier alpha value is -1.33. The van der Waals surface area contributed by atoms with Crippen LogP contribution in [-0.2, 0) is 9.59 Å². The van der Waals surface area contributed by atoms with Crippen LogP contribution in [0.25, 0.3) is 0 Å². The summed E-state index contributed by atoms with van der Waals surface area (Å²) in [5.41, 5.74) is -0.937. The maximum Gasteiger partial charge on any atom is 0.190 e. The summed E-state index contributed by atoms with van der Waals surface area (Å²) in [5.74, 6) is -0.864. The number of aliphatic hydroxyl groups excluding tert-OH is 1. The first kappa shape index (κ1) is 19.0. The highest BCUT2D eigenvalue weighted by atomic mass is 19.1. The first-order chi connectivity index (χ1) is 12.6. The van der Waals surface area contributed by atoms with Gasteiger partial charge in [0.05, 0.1) is 0 Å². The van der Waals surface area contributed by atoms with E-state index in [0.29, 0.717) is 37.7 Å². The van der Waals surface area contributed by atoms with E-state index in [1.54, 1.807) is 0 Å². The second-order valence-electron chi connectivity index (χ2n) is 9.58. The third kappa shape index (κ3) is 2.21. The van der Waals surface area contributed by atoms with Gasteiger partial charge in [-0.15, -0.1) is 0 Å². The van der Waals surface area contributed by atoms with E-state index in [4.69, 9.17) is 0 Å². The summed E-state index contributed by atoms with van der Waals surface area (Å²) in [7, 11) is 0. The lowest BCUT2D eigenvalue weighted by atomic mass is 9.50. The molecule has 5 heteroatoms. The van der Waals surface area contributed by atoms with E-state index in [9.17, 15) is 19.8 Å². The van der Waals surface area contributed by atoms with Crippen molar-refractivity contribution in [1.82, 2.24) is 0 Å². The van der Waals surface area contributed by atoms with E-state index in [-0.39, 0.29) is 23.5 Å². The van der Waals surface area contributed by atoms with Crippen LogP contribution in [0.5, 0.6) is 0 Å². The topological polar surface area (TPSA) is 74.6 Å². The molecule has 0 amide bonds. The van der Waals surface area contributed by atoms with Crippen LogP contribution in [0.3, 0.4) is 0 Å². The zero-order valence-electron chi connectivity index (χ0n) is 16.3. The monoisotopic (exact) mass is 376 g/mol. The van der Waals surface area contributed by atoms with Gasteiger partial charge in [0.15, 0.2) is 11.6 Å². The molecule has 0 aromatic rings. The highest BCUT2D eigenvalue weighted by Crippen LogP contribution is 2.67. The van der Waals surface area contributed by atoms with Gasteiger partial charge in [0.1, 0.15) is 18.4 Å². The van der Waals surface area contributed by atoms with Crippen LogP contribution in [0.15, 0.2) is 23.3 Å². The van der Waals surface area contributed by atoms with Crippen molar-refractivity contribution in [2.75, 3.05) is 6.61 Å². The molecule has 0 aromatic carbocycles. The Balaban J connectivity index is 1.81. The summed E-state index contributed by atoms with van der Waals surface area (Å²) in [5, 5.41) is 20.8. The average Bonchev–Trinajstić information content (AvgIpc) is 2.84. The van der Waals surface area contributed by atoms with Crippen molar-refractivity contribution in [2.45, 2.75) is 64.6 Å². The lowest BCUT2D eigenvalue weighted by Gasteiger charge is -2.55. The molecule has 2 fully saturated rings. The van der Waals surface area contributed by atoms with Crippen LogP contribution < -0.4 is 0 Å². The summed E-state index contributed by atoms with van der Waals surface area (Å²) in [6.45, 7) is 5.15. The average molecular weight is 376 g/mol. The molecule has 4 nitrogen and oxygen atoms in total. The fourth-order valence-electron chi connectivity index (χ4n) is 6.92. The van der Waals surface area contributed by atoms with Crippen LogP contribution >= 0.6 is 0 Å². The first-order valence-corrected chi connectivity index (χ1v) is 10.1. The van der Waals surface area contributed by atoms with Crippen LogP contribution in [0, 0.1) is 28.6 Å². The summed E-state index contributed by atoms with van der Waals surface area (Å²) < 4.78 is 15.2. The van der Waals surface area contributed by atoms with E-state index in [1.807, 2.05) is 20.8 Å². The number of carbonyl (C=O) groups is 2. The van der Waals surface area contributed by atoms with E-state index in [0.717, 1.165) is 0 Å². The zero-order valence-corrected chi connectivity index (χ0v) is 16.3. The Bertz CT molecular complexity index is 770. The third-order valence-electron chi connectivity index (χ3n) is 8.47. The van der Waals surface area contributed by atoms with Gasteiger partial charge in [-0.1, -0.05) is 32.4 Å². The molecule has 0 aromatic heterocycles. The lowest BCUT2D eigenvalue weighted by molar-refractivity contribution is -0.161. The fraction of sp³-hybridized carbons (Fsp3) is 0.727. The van der Waals surface area contributed by atoms with Gasteiger partial charge in [0, 0.05) is 17.3 Å². The van der Waals surface area contributed by atoms with Gasteiger partial charge >= 0.3 is 0 Å². The minimum atomic E-state index is -1.58. The smallest absolute Gasteiger partial charge is 0.190 e. The highest BCUT2D eigenvalue weighted by molar-refractivity contribution is 5.92. The lowest BCUT2D eigenvalue weighted by Crippen LogP contribution is -2.58. The number of rotatable bonds is 2. The molecule has 4 rings (SSSR count). The summed E-state index contributed by atoms with van der Waals surface area (Å²) in [6.07, 6.45) is 4.98. The Morgan fingerprint density at radius 1 is 1.30 bits per heavy atom. The Labute approximate surface area is 159 Å². The molecule has 7 atom stereocenters. The predicted molar refractivity (Wildman–Crippen MR) is 98.6 cm³/mol. The number of ketones is 2. The van der Waals surface area contributed by atoms with Crippen molar-refractivity contribution in [3.05, 3.63) is 23.3 Å². The maximum atomic E-state index is 15.2. The molecule has 0 bridgehead atoms. The van der Waals surface area contributed by atoms with E-state index >= 15 is 4.39 Å². The molecular formula is C22H29FO4. The van der Waals surface area contributed by atoms with Crippen LogP contribution in [0.4, 0.5) is 4.39 Å². The number of alkyl halides is 1. The molecule has 27 heavy (non-hydrogen) atoms. The molecule has 0 heterocycles. The molecule has 0 spiro atoms. The standard InChI is InChI=1S/C22H29FO4/c1-12-8-16-14-10-18(23)17-9-13(25)4-6-20(17,2)15(14)5-7-21(16,3)22(12,27)19(26)11-24/h5,9,12,14,16,18,24,27H,4,6-8,10-11H2,1-3H3/t12-,14?,16?,18+,20?,21?,22+/m1/s1. The number of aliphatic hydroxyl groups is 2. The van der Waals surface area contributed by atoms with Gasteiger partial charge < -0.3 is 10.2 Å². The van der Waals surface area contributed by atoms with Gasteiger partial charge in [0.25, 0.3) is 0 Å². The largest absolute Gasteiger partial charge is 0.388 e. The number of Topliss-reactive ketones (excluding diaryl/α,β-unsaturated/α-hetero) is 1. The highest BCUT2D eigenvalue weighted by Gasteiger charge is 2.67. The minimum absolute atomic E-state index is 0.00206. The van der Waals surface area contributed by atoms with E-state index < -0.39 is 35.0 Å². The second-order valence-corrected chi connectivity index (χ2v) is 9.58. The number of hydrogen-bond acceptors (Lipinski definition) is 4. The minimum Gasteiger partial charge on any atom is -0.388 e.